The maximum absolute atomic E-state index is 13.9. The SMILES string of the molecule is Fc1cccc(-n2cccc2[C@H]2[C@@H](c3ccccn3)NC(=S)N2C2CCCC2)c1. The average molecular weight is 407 g/mol. The largest absolute Gasteiger partial charge is 0.352 e. The number of hydrogen-bond donors (Lipinski definition) is 1. The van der Waals surface area contributed by atoms with Gasteiger partial charge >= 0.3 is 0 Å². The Morgan fingerprint density at radius 2 is 1.90 bits per heavy atom. The minimum absolute atomic E-state index is 0.00114. The number of halogens is 1. The number of thiocarbonyl (C=S) groups is 1. The highest BCUT2D eigenvalue weighted by molar-refractivity contribution is 7.80. The fourth-order valence-electron chi connectivity index (χ4n) is 4.75. The molecule has 148 valence electrons. The van der Waals surface area contributed by atoms with Crippen molar-refractivity contribution in [3.63, 3.8) is 0 Å². The second kappa shape index (κ2) is 7.59. The van der Waals surface area contributed by atoms with E-state index in [9.17, 15) is 4.39 Å². The van der Waals surface area contributed by atoms with Crippen molar-refractivity contribution in [1.82, 2.24) is 19.8 Å². The molecule has 1 saturated carbocycles. The first kappa shape index (κ1) is 18.3. The number of hydrogen-bond acceptors (Lipinski definition) is 2. The lowest BCUT2D eigenvalue weighted by molar-refractivity contribution is 0.239. The summed E-state index contributed by atoms with van der Waals surface area (Å²) in [6.07, 6.45) is 8.57. The number of benzene rings is 1. The molecule has 0 spiro atoms. The van der Waals surface area contributed by atoms with Gasteiger partial charge in [-0.2, -0.15) is 0 Å². The topological polar surface area (TPSA) is 33.1 Å². The first-order valence-corrected chi connectivity index (χ1v) is 10.6. The second-order valence-corrected chi connectivity index (χ2v) is 8.14. The van der Waals surface area contributed by atoms with E-state index in [2.05, 4.69) is 25.8 Å². The van der Waals surface area contributed by atoms with E-state index in [1.807, 2.05) is 42.7 Å². The van der Waals surface area contributed by atoms with Crippen molar-refractivity contribution in [1.29, 1.82) is 0 Å². The van der Waals surface area contributed by atoms with E-state index in [-0.39, 0.29) is 17.9 Å². The summed E-state index contributed by atoms with van der Waals surface area (Å²) in [5, 5.41) is 4.32. The molecule has 4 nitrogen and oxygen atoms in total. The molecule has 6 heteroatoms. The molecule has 29 heavy (non-hydrogen) atoms. The van der Waals surface area contributed by atoms with Gasteiger partial charge in [0.1, 0.15) is 5.82 Å². The van der Waals surface area contributed by atoms with Gasteiger partial charge in [0.15, 0.2) is 5.11 Å². The molecule has 1 saturated heterocycles. The number of aromatic nitrogens is 2. The third kappa shape index (κ3) is 3.31. The Morgan fingerprint density at radius 1 is 1.03 bits per heavy atom. The van der Waals surface area contributed by atoms with E-state index in [1.54, 1.807) is 12.1 Å². The van der Waals surface area contributed by atoms with Crippen LogP contribution in [0.4, 0.5) is 4.39 Å². The minimum atomic E-state index is -0.240. The summed E-state index contributed by atoms with van der Waals surface area (Å²) in [4.78, 5) is 6.98. The average Bonchev–Trinajstić information content (AvgIpc) is 3.48. The second-order valence-electron chi connectivity index (χ2n) is 7.76. The van der Waals surface area contributed by atoms with E-state index in [1.165, 1.54) is 18.9 Å². The van der Waals surface area contributed by atoms with Crippen LogP contribution in [0.25, 0.3) is 5.69 Å². The molecule has 1 N–H and O–H groups in total. The van der Waals surface area contributed by atoms with E-state index in [0.29, 0.717) is 6.04 Å². The first-order valence-electron chi connectivity index (χ1n) is 10.2. The highest BCUT2D eigenvalue weighted by atomic mass is 32.1. The molecule has 3 aromatic rings. The molecular weight excluding hydrogens is 383 g/mol. The summed E-state index contributed by atoms with van der Waals surface area (Å²) < 4.78 is 16.0. The molecule has 1 aromatic carbocycles. The van der Waals surface area contributed by atoms with Crippen LogP contribution in [-0.4, -0.2) is 25.6 Å². The third-order valence-electron chi connectivity index (χ3n) is 6.02. The van der Waals surface area contributed by atoms with E-state index in [4.69, 9.17) is 12.2 Å². The van der Waals surface area contributed by atoms with Gasteiger partial charge in [0.2, 0.25) is 0 Å². The Hall–Kier alpha value is -2.73. The van der Waals surface area contributed by atoms with Gasteiger partial charge in [-0.05, 0) is 67.5 Å². The van der Waals surface area contributed by atoms with Gasteiger partial charge in [-0.15, -0.1) is 0 Å². The van der Waals surface area contributed by atoms with E-state index < -0.39 is 0 Å². The highest BCUT2D eigenvalue weighted by Crippen LogP contribution is 2.43. The molecule has 2 fully saturated rings. The summed E-state index contributed by atoms with van der Waals surface area (Å²) in [5.41, 5.74) is 2.87. The quantitative estimate of drug-likeness (QED) is 0.623. The first-order chi connectivity index (χ1) is 14.2. The standard InChI is InChI=1S/C23H23FN4S/c24-16-7-5-10-18(15-16)27-14-6-12-20(27)22-21(19-11-3-4-13-25-19)26-23(29)28(22)17-8-1-2-9-17/h3-7,10-15,17,21-22H,1-2,8-9H2,(H,26,29)/t21-,22+/m1/s1. The van der Waals surface area contributed by atoms with E-state index in [0.717, 1.165) is 35.0 Å². The van der Waals surface area contributed by atoms with Gasteiger partial charge in [0, 0.05) is 29.8 Å². The van der Waals surface area contributed by atoms with Crippen LogP contribution >= 0.6 is 12.2 Å². The zero-order valence-corrected chi connectivity index (χ0v) is 16.9. The molecule has 0 amide bonds. The van der Waals surface area contributed by atoms with Crippen molar-refractivity contribution >= 4 is 17.3 Å². The van der Waals surface area contributed by atoms with E-state index >= 15 is 0 Å². The lowest BCUT2D eigenvalue weighted by Crippen LogP contribution is -2.38. The predicted octanol–water partition coefficient (Wildman–Crippen LogP) is 4.93. The fourth-order valence-corrected chi connectivity index (χ4v) is 5.14. The molecule has 3 heterocycles. The zero-order chi connectivity index (χ0) is 19.8. The van der Waals surface area contributed by atoms with Gasteiger partial charge in [0.05, 0.1) is 17.8 Å². The van der Waals surface area contributed by atoms with Crippen molar-refractivity contribution in [2.45, 2.75) is 43.8 Å². The summed E-state index contributed by atoms with van der Waals surface area (Å²) in [6, 6.07) is 17.2. The molecule has 2 atom stereocenters. The Kier molecular flexibility index (Phi) is 4.79. The van der Waals surface area contributed by atoms with Crippen molar-refractivity contribution in [3.05, 3.63) is 84.2 Å². The third-order valence-corrected chi connectivity index (χ3v) is 6.35. The van der Waals surface area contributed by atoms with Gasteiger partial charge in [-0.1, -0.05) is 25.0 Å². The van der Waals surface area contributed by atoms with Gasteiger partial charge in [0.25, 0.3) is 0 Å². The van der Waals surface area contributed by atoms with Crippen LogP contribution < -0.4 is 5.32 Å². The van der Waals surface area contributed by atoms with Crippen molar-refractivity contribution in [3.8, 4) is 5.69 Å². The Balaban J connectivity index is 1.62. The van der Waals surface area contributed by atoms with Gasteiger partial charge in [-0.25, -0.2) is 4.39 Å². The maximum atomic E-state index is 13.9. The Morgan fingerprint density at radius 3 is 2.66 bits per heavy atom. The summed E-state index contributed by atoms with van der Waals surface area (Å²) >= 11 is 5.80. The molecular formula is C23H23FN4S. The van der Waals surface area contributed by atoms with Crippen LogP contribution in [-0.2, 0) is 0 Å². The van der Waals surface area contributed by atoms with Crippen molar-refractivity contribution in [2.75, 3.05) is 0 Å². The molecule has 1 aliphatic carbocycles. The molecule has 1 aliphatic heterocycles. The molecule has 2 aromatic heterocycles. The van der Waals surface area contributed by atoms with Crippen LogP contribution in [0.5, 0.6) is 0 Å². The fraction of sp³-hybridized carbons (Fsp3) is 0.304. The van der Waals surface area contributed by atoms with Gasteiger partial charge in [-0.3, -0.25) is 4.98 Å². The number of nitrogens with one attached hydrogen (secondary N) is 1. The maximum Gasteiger partial charge on any atom is 0.170 e. The van der Waals surface area contributed by atoms with Crippen LogP contribution in [0.1, 0.15) is 49.2 Å². The normalized spacial score (nSPS) is 22.2. The smallest absolute Gasteiger partial charge is 0.170 e. The highest BCUT2D eigenvalue weighted by Gasteiger charge is 2.44. The minimum Gasteiger partial charge on any atom is -0.352 e. The van der Waals surface area contributed by atoms with Crippen LogP contribution in [0.2, 0.25) is 0 Å². The number of nitrogens with zero attached hydrogens (tertiary/aromatic N) is 3. The summed E-state index contributed by atoms with van der Waals surface area (Å²) in [7, 11) is 0. The number of rotatable bonds is 4. The van der Waals surface area contributed by atoms with Gasteiger partial charge < -0.3 is 14.8 Å². The van der Waals surface area contributed by atoms with Crippen LogP contribution in [0, 0.1) is 5.82 Å². The molecule has 2 aliphatic rings. The molecule has 5 rings (SSSR count). The van der Waals surface area contributed by atoms with Crippen molar-refractivity contribution in [2.24, 2.45) is 0 Å². The lowest BCUT2D eigenvalue weighted by atomic mass is 9.99. The Labute approximate surface area is 175 Å². The van der Waals surface area contributed by atoms with Crippen molar-refractivity contribution < 1.29 is 4.39 Å². The monoisotopic (exact) mass is 406 g/mol. The summed E-state index contributed by atoms with van der Waals surface area (Å²) in [6.45, 7) is 0. The van der Waals surface area contributed by atoms with Crippen LogP contribution in [0.3, 0.4) is 0 Å². The molecule has 0 radical (unpaired) electrons. The molecule has 0 unspecified atom stereocenters. The van der Waals surface area contributed by atoms with Crippen LogP contribution in [0.15, 0.2) is 67.0 Å². The lowest BCUT2D eigenvalue weighted by Gasteiger charge is -2.33. The number of pyridine rings is 1. The summed E-state index contributed by atoms with van der Waals surface area (Å²) in [5.74, 6) is -0.240. The predicted molar refractivity (Wildman–Crippen MR) is 115 cm³/mol. The Bertz CT molecular complexity index is 1010. The zero-order valence-electron chi connectivity index (χ0n) is 16.0. The molecule has 0 bridgehead atoms.